The number of carbonyl (C=O) groups excluding carboxylic acids is 1. The van der Waals surface area contributed by atoms with E-state index in [4.69, 9.17) is 27.9 Å². The standard InChI is InChI=1S/C18H13Cl2NO4/c1-10(22)25-17-4-2-3-15-12(17)8-16(18(23)24)21(15)9-11-5-6-13(19)14(20)7-11/h2-8H,9H2,1H3,(H,23,24). The molecular formula is C18H13Cl2NO4. The Kier molecular flexibility index (Phi) is 4.70. The van der Waals surface area contributed by atoms with Crippen molar-refractivity contribution < 1.29 is 19.4 Å². The van der Waals surface area contributed by atoms with Crippen molar-refractivity contribution in [2.75, 3.05) is 0 Å². The Labute approximate surface area is 153 Å². The summed E-state index contributed by atoms with van der Waals surface area (Å²) in [5.41, 5.74) is 1.52. The number of aromatic carboxylic acids is 1. The van der Waals surface area contributed by atoms with Crippen molar-refractivity contribution >= 4 is 46.0 Å². The second-order valence-electron chi connectivity index (χ2n) is 5.45. The van der Waals surface area contributed by atoms with Crippen molar-refractivity contribution in [3.63, 3.8) is 0 Å². The molecule has 0 unspecified atom stereocenters. The molecule has 7 heteroatoms. The van der Waals surface area contributed by atoms with Gasteiger partial charge in [-0.05, 0) is 35.9 Å². The van der Waals surface area contributed by atoms with E-state index in [0.29, 0.717) is 26.7 Å². The van der Waals surface area contributed by atoms with Crippen LogP contribution in [-0.4, -0.2) is 21.6 Å². The summed E-state index contributed by atoms with van der Waals surface area (Å²) in [4.78, 5) is 22.9. The van der Waals surface area contributed by atoms with Gasteiger partial charge in [-0.15, -0.1) is 0 Å². The molecule has 128 valence electrons. The van der Waals surface area contributed by atoms with E-state index in [9.17, 15) is 14.7 Å². The van der Waals surface area contributed by atoms with Crippen LogP contribution in [0.2, 0.25) is 10.0 Å². The monoisotopic (exact) mass is 377 g/mol. The first-order valence-corrected chi connectivity index (χ1v) is 8.10. The van der Waals surface area contributed by atoms with Gasteiger partial charge in [0.1, 0.15) is 11.4 Å². The zero-order chi connectivity index (χ0) is 18.1. The lowest BCUT2D eigenvalue weighted by atomic mass is 10.2. The van der Waals surface area contributed by atoms with Crippen LogP contribution in [0.4, 0.5) is 0 Å². The lowest BCUT2D eigenvalue weighted by molar-refractivity contribution is -0.131. The number of hydrogen-bond donors (Lipinski definition) is 1. The molecular weight excluding hydrogens is 365 g/mol. The molecule has 0 fully saturated rings. The number of carboxylic acid groups (broad SMARTS) is 1. The number of carbonyl (C=O) groups is 2. The molecule has 0 aliphatic rings. The van der Waals surface area contributed by atoms with Gasteiger partial charge in [-0.1, -0.05) is 35.3 Å². The maximum absolute atomic E-state index is 11.7. The Morgan fingerprint density at radius 1 is 1.12 bits per heavy atom. The molecule has 0 aliphatic heterocycles. The first kappa shape index (κ1) is 17.3. The number of rotatable bonds is 4. The normalized spacial score (nSPS) is 10.8. The number of carboxylic acids is 1. The number of nitrogens with zero attached hydrogens (tertiary/aromatic N) is 1. The summed E-state index contributed by atoms with van der Waals surface area (Å²) >= 11 is 12.0. The fraction of sp³-hybridized carbons (Fsp3) is 0.111. The number of esters is 1. The van der Waals surface area contributed by atoms with E-state index in [1.165, 1.54) is 13.0 Å². The Morgan fingerprint density at radius 2 is 1.88 bits per heavy atom. The number of ether oxygens (including phenoxy) is 1. The summed E-state index contributed by atoms with van der Waals surface area (Å²) in [7, 11) is 0. The summed E-state index contributed by atoms with van der Waals surface area (Å²) < 4.78 is 6.81. The van der Waals surface area contributed by atoms with E-state index in [-0.39, 0.29) is 12.2 Å². The highest BCUT2D eigenvalue weighted by Crippen LogP contribution is 2.31. The summed E-state index contributed by atoms with van der Waals surface area (Å²) in [6.07, 6.45) is 0. The molecule has 0 atom stereocenters. The van der Waals surface area contributed by atoms with Crippen molar-refractivity contribution in [2.24, 2.45) is 0 Å². The van der Waals surface area contributed by atoms with Crippen molar-refractivity contribution in [3.8, 4) is 5.75 Å². The Hall–Kier alpha value is -2.50. The van der Waals surface area contributed by atoms with Gasteiger partial charge in [-0.3, -0.25) is 4.79 Å². The van der Waals surface area contributed by atoms with Crippen LogP contribution in [0.1, 0.15) is 23.0 Å². The molecule has 3 rings (SSSR count). The number of aromatic nitrogens is 1. The smallest absolute Gasteiger partial charge is 0.352 e. The molecule has 1 N–H and O–H groups in total. The summed E-state index contributed by atoms with van der Waals surface area (Å²) in [6.45, 7) is 1.58. The third kappa shape index (κ3) is 3.48. The molecule has 0 saturated carbocycles. The summed E-state index contributed by atoms with van der Waals surface area (Å²) in [5.74, 6) is -1.23. The van der Waals surface area contributed by atoms with E-state index in [2.05, 4.69) is 0 Å². The molecule has 5 nitrogen and oxygen atoms in total. The SMILES string of the molecule is CC(=O)Oc1cccc2c1cc(C(=O)O)n2Cc1ccc(Cl)c(Cl)c1. The predicted molar refractivity (Wildman–Crippen MR) is 95.8 cm³/mol. The highest BCUT2D eigenvalue weighted by molar-refractivity contribution is 6.42. The number of fused-ring (bicyclic) bond motifs is 1. The quantitative estimate of drug-likeness (QED) is 0.531. The minimum atomic E-state index is -1.08. The fourth-order valence-corrected chi connectivity index (χ4v) is 2.99. The van der Waals surface area contributed by atoms with E-state index in [1.807, 2.05) is 0 Å². The molecule has 0 saturated heterocycles. The molecule has 1 heterocycles. The molecule has 0 radical (unpaired) electrons. The van der Waals surface area contributed by atoms with Crippen LogP contribution >= 0.6 is 23.2 Å². The summed E-state index contributed by atoms with van der Waals surface area (Å²) in [5, 5.41) is 10.9. The van der Waals surface area contributed by atoms with Crippen LogP contribution in [0.5, 0.6) is 5.75 Å². The third-order valence-electron chi connectivity index (χ3n) is 3.70. The highest BCUT2D eigenvalue weighted by Gasteiger charge is 2.18. The second-order valence-corrected chi connectivity index (χ2v) is 6.27. The predicted octanol–water partition coefficient (Wildman–Crippen LogP) is 4.62. The lowest BCUT2D eigenvalue weighted by Crippen LogP contribution is -2.09. The van der Waals surface area contributed by atoms with Crippen molar-refractivity contribution in [2.45, 2.75) is 13.5 Å². The number of halogens is 2. The van der Waals surface area contributed by atoms with Gasteiger partial charge >= 0.3 is 11.9 Å². The van der Waals surface area contributed by atoms with Gasteiger partial charge in [-0.25, -0.2) is 4.79 Å². The molecule has 0 spiro atoms. The molecule has 0 amide bonds. The largest absolute Gasteiger partial charge is 0.477 e. The van der Waals surface area contributed by atoms with Crippen LogP contribution in [0.25, 0.3) is 10.9 Å². The van der Waals surface area contributed by atoms with Crippen molar-refractivity contribution in [1.82, 2.24) is 4.57 Å². The van der Waals surface area contributed by atoms with Crippen molar-refractivity contribution in [1.29, 1.82) is 0 Å². The molecule has 2 aromatic carbocycles. The van der Waals surface area contributed by atoms with Crippen molar-refractivity contribution in [3.05, 3.63) is 63.8 Å². The maximum Gasteiger partial charge on any atom is 0.352 e. The molecule has 3 aromatic rings. The molecule has 0 bridgehead atoms. The summed E-state index contributed by atoms with van der Waals surface area (Å²) in [6, 6.07) is 11.7. The zero-order valence-electron chi connectivity index (χ0n) is 13.1. The Balaban J connectivity index is 2.15. The Morgan fingerprint density at radius 3 is 2.52 bits per heavy atom. The maximum atomic E-state index is 11.7. The van der Waals surface area contributed by atoms with Crippen LogP contribution < -0.4 is 4.74 Å². The second kappa shape index (κ2) is 6.78. The van der Waals surface area contributed by atoms with Crippen LogP contribution in [0, 0.1) is 0 Å². The average Bonchev–Trinajstić information content (AvgIpc) is 2.91. The van der Waals surface area contributed by atoms with Crippen LogP contribution in [-0.2, 0) is 11.3 Å². The minimum absolute atomic E-state index is 0.0840. The van der Waals surface area contributed by atoms with E-state index < -0.39 is 11.9 Å². The van der Waals surface area contributed by atoms with E-state index in [0.717, 1.165) is 5.56 Å². The van der Waals surface area contributed by atoms with E-state index in [1.54, 1.807) is 41.0 Å². The topological polar surface area (TPSA) is 68.5 Å². The number of benzene rings is 2. The third-order valence-corrected chi connectivity index (χ3v) is 4.44. The van der Waals surface area contributed by atoms with E-state index >= 15 is 0 Å². The molecule has 0 aliphatic carbocycles. The molecule has 1 aromatic heterocycles. The Bertz CT molecular complexity index is 994. The van der Waals surface area contributed by atoms with Crippen LogP contribution in [0.15, 0.2) is 42.5 Å². The zero-order valence-corrected chi connectivity index (χ0v) is 14.6. The number of hydrogen-bond acceptors (Lipinski definition) is 3. The average molecular weight is 378 g/mol. The fourth-order valence-electron chi connectivity index (χ4n) is 2.67. The van der Waals surface area contributed by atoms with Gasteiger partial charge in [-0.2, -0.15) is 0 Å². The van der Waals surface area contributed by atoms with Gasteiger partial charge in [0.2, 0.25) is 0 Å². The van der Waals surface area contributed by atoms with Gasteiger partial charge in [0.15, 0.2) is 0 Å². The first-order chi connectivity index (χ1) is 11.9. The van der Waals surface area contributed by atoms with Gasteiger partial charge in [0.05, 0.1) is 15.6 Å². The van der Waals surface area contributed by atoms with Gasteiger partial charge in [0, 0.05) is 18.9 Å². The first-order valence-electron chi connectivity index (χ1n) is 7.34. The minimum Gasteiger partial charge on any atom is -0.477 e. The van der Waals surface area contributed by atoms with Crippen LogP contribution in [0.3, 0.4) is 0 Å². The van der Waals surface area contributed by atoms with Gasteiger partial charge < -0.3 is 14.4 Å². The lowest BCUT2D eigenvalue weighted by Gasteiger charge is -2.10. The molecule has 25 heavy (non-hydrogen) atoms. The highest BCUT2D eigenvalue weighted by atomic mass is 35.5. The van der Waals surface area contributed by atoms with Gasteiger partial charge in [0.25, 0.3) is 0 Å².